The van der Waals surface area contributed by atoms with Gasteiger partial charge in [-0.05, 0) is 19.1 Å². The minimum absolute atomic E-state index is 0.0424. The van der Waals surface area contributed by atoms with Crippen LogP contribution in [0.3, 0.4) is 0 Å². The van der Waals surface area contributed by atoms with Crippen LogP contribution in [0.25, 0.3) is 0 Å². The molecule has 110 valence electrons. The van der Waals surface area contributed by atoms with Crippen LogP contribution in [0.1, 0.15) is 6.92 Å². The first-order valence-electron chi connectivity index (χ1n) is 6.00. The van der Waals surface area contributed by atoms with Crippen molar-refractivity contribution < 1.29 is 13.3 Å². The third-order valence-electron chi connectivity index (χ3n) is 3.08. The number of nitro groups is 1. The van der Waals surface area contributed by atoms with E-state index in [-0.39, 0.29) is 16.0 Å². The molecule has 1 aromatic carbocycles. The van der Waals surface area contributed by atoms with Crippen LogP contribution in [-0.4, -0.2) is 43.3 Å². The lowest BCUT2D eigenvalue weighted by atomic mass is 10.3. The molecule has 1 fully saturated rings. The van der Waals surface area contributed by atoms with E-state index in [1.807, 2.05) is 6.92 Å². The van der Waals surface area contributed by atoms with Gasteiger partial charge < -0.3 is 5.32 Å². The molecule has 0 aromatic heterocycles. The van der Waals surface area contributed by atoms with Crippen LogP contribution in [0.4, 0.5) is 5.69 Å². The van der Waals surface area contributed by atoms with Crippen molar-refractivity contribution in [3.63, 3.8) is 0 Å². The van der Waals surface area contributed by atoms with Crippen molar-refractivity contribution in [3.8, 4) is 0 Å². The van der Waals surface area contributed by atoms with Gasteiger partial charge in [-0.1, -0.05) is 11.6 Å². The highest BCUT2D eigenvalue weighted by Gasteiger charge is 2.30. The van der Waals surface area contributed by atoms with Gasteiger partial charge in [-0.25, -0.2) is 8.42 Å². The highest BCUT2D eigenvalue weighted by atomic mass is 35.5. The quantitative estimate of drug-likeness (QED) is 0.668. The Bertz CT molecular complexity index is 635. The fraction of sp³-hybridized carbons (Fsp3) is 0.455. The standard InChI is InChI=1S/C11H14ClN3O4S/c1-8-7-14(5-4-13-8)20(18,19)9-2-3-10(12)11(6-9)15(16)17/h2-3,6,8,13H,4-5,7H2,1H3/t8-/m0/s1. The van der Waals surface area contributed by atoms with Gasteiger partial charge in [0.05, 0.1) is 9.82 Å². The van der Waals surface area contributed by atoms with E-state index in [9.17, 15) is 18.5 Å². The third kappa shape index (κ3) is 2.93. The van der Waals surface area contributed by atoms with E-state index in [1.165, 1.54) is 16.4 Å². The Morgan fingerprint density at radius 1 is 1.50 bits per heavy atom. The zero-order valence-electron chi connectivity index (χ0n) is 10.7. The average Bonchev–Trinajstić information content (AvgIpc) is 2.38. The molecule has 0 bridgehead atoms. The van der Waals surface area contributed by atoms with Crippen LogP contribution in [0.2, 0.25) is 5.02 Å². The number of piperazine rings is 1. The van der Waals surface area contributed by atoms with Gasteiger partial charge >= 0.3 is 0 Å². The molecule has 1 N–H and O–H groups in total. The Kier molecular flexibility index (Phi) is 4.28. The lowest BCUT2D eigenvalue weighted by Gasteiger charge is -2.30. The zero-order chi connectivity index (χ0) is 14.9. The molecule has 1 aromatic rings. The van der Waals surface area contributed by atoms with Crippen molar-refractivity contribution in [2.75, 3.05) is 19.6 Å². The second kappa shape index (κ2) is 5.65. The van der Waals surface area contributed by atoms with Gasteiger partial charge in [0, 0.05) is 31.7 Å². The second-order valence-corrected chi connectivity index (χ2v) is 6.93. The van der Waals surface area contributed by atoms with Crippen molar-refractivity contribution >= 4 is 27.3 Å². The summed E-state index contributed by atoms with van der Waals surface area (Å²) in [5.41, 5.74) is -0.407. The predicted molar refractivity (Wildman–Crippen MR) is 74.3 cm³/mol. The summed E-state index contributed by atoms with van der Waals surface area (Å²) in [5, 5.41) is 13.9. The summed E-state index contributed by atoms with van der Waals surface area (Å²) in [4.78, 5) is 10.0. The Balaban J connectivity index is 2.39. The largest absolute Gasteiger partial charge is 0.312 e. The smallest absolute Gasteiger partial charge is 0.289 e. The maximum atomic E-state index is 12.5. The van der Waals surface area contributed by atoms with Crippen LogP contribution >= 0.6 is 11.6 Å². The molecule has 0 amide bonds. The first-order chi connectivity index (χ1) is 9.32. The number of nitro benzene ring substituents is 1. The van der Waals surface area contributed by atoms with Gasteiger partial charge in [-0.15, -0.1) is 0 Å². The van der Waals surface area contributed by atoms with E-state index in [1.54, 1.807) is 0 Å². The molecule has 1 aliphatic heterocycles. The van der Waals surface area contributed by atoms with Crippen molar-refractivity contribution in [1.29, 1.82) is 0 Å². The molecule has 0 aliphatic carbocycles. The monoisotopic (exact) mass is 319 g/mol. The third-order valence-corrected chi connectivity index (χ3v) is 5.26. The zero-order valence-corrected chi connectivity index (χ0v) is 12.3. The molecule has 1 saturated heterocycles. The topological polar surface area (TPSA) is 92.5 Å². The molecule has 20 heavy (non-hydrogen) atoms. The molecular weight excluding hydrogens is 306 g/mol. The lowest BCUT2D eigenvalue weighted by Crippen LogP contribution is -2.51. The van der Waals surface area contributed by atoms with Crippen LogP contribution in [0.15, 0.2) is 23.1 Å². The maximum absolute atomic E-state index is 12.5. The minimum atomic E-state index is -3.74. The molecule has 7 nitrogen and oxygen atoms in total. The molecule has 1 heterocycles. The number of hydrogen-bond donors (Lipinski definition) is 1. The van der Waals surface area contributed by atoms with Gasteiger partial charge in [0.25, 0.3) is 5.69 Å². The Morgan fingerprint density at radius 3 is 2.80 bits per heavy atom. The van der Waals surface area contributed by atoms with Crippen LogP contribution in [0.5, 0.6) is 0 Å². The fourth-order valence-electron chi connectivity index (χ4n) is 2.06. The van der Waals surface area contributed by atoms with Crippen molar-refractivity contribution in [2.45, 2.75) is 17.9 Å². The summed E-state index contributed by atoms with van der Waals surface area (Å²) in [6, 6.07) is 3.57. The van der Waals surface area contributed by atoms with E-state index in [0.29, 0.717) is 19.6 Å². The number of benzene rings is 1. The molecule has 9 heteroatoms. The molecule has 2 rings (SSSR count). The molecule has 1 aliphatic rings. The summed E-state index contributed by atoms with van der Waals surface area (Å²) < 4.78 is 26.2. The predicted octanol–water partition coefficient (Wildman–Crippen LogP) is 1.23. The first-order valence-corrected chi connectivity index (χ1v) is 7.81. The van der Waals surface area contributed by atoms with Crippen molar-refractivity contribution in [2.24, 2.45) is 0 Å². The maximum Gasteiger partial charge on any atom is 0.289 e. The summed E-state index contributed by atoms with van der Waals surface area (Å²) in [6.45, 7) is 3.10. The molecular formula is C11H14ClN3O4S. The van der Waals surface area contributed by atoms with Crippen LogP contribution in [-0.2, 0) is 10.0 Å². The molecule has 0 radical (unpaired) electrons. The Morgan fingerprint density at radius 2 is 2.20 bits per heavy atom. The number of rotatable bonds is 3. The van der Waals surface area contributed by atoms with E-state index < -0.39 is 20.6 Å². The van der Waals surface area contributed by atoms with E-state index in [0.717, 1.165) is 6.07 Å². The number of hydrogen-bond acceptors (Lipinski definition) is 5. The summed E-state index contributed by atoms with van der Waals surface area (Å²) in [7, 11) is -3.74. The fourth-order valence-corrected chi connectivity index (χ4v) is 3.79. The molecule has 0 spiro atoms. The van der Waals surface area contributed by atoms with Crippen LogP contribution in [0, 0.1) is 10.1 Å². The van der Waals surface area contributed by atoms with Gasteiger partial charge in [0.15, 0.2) is 0 Å². The van der Waals surface area contributed by atoms with Crippen molar-refractivity contribution in [3.05, 3.63) is 33.3 Å². The summed E-state index contributed by atoms with van der Waals surface area (Å²) >= 11 is 5.69. The summed E-state index contributed by atoms with van der Waals surface area (Å²) in [6.07, 6.45) is 0. The SMILES string of the molecule is C[C@H]1CN(S(=O)(=O)c2ccc(Cl)c([N+](=O)[O-])c2)CCN1. The summed E-state index contributed by atoms with van der Waals surface area (Å²) in [5.74, 6) is 0. The van der Waals surface area contributed by atoms with E-state index in [2.05, 4.69) is 5.32 Å². The van der Waals surface area contributed by atoms with Gasteiger partial charge in [0.1, 0.15) is 5.02 Å². The lowest BCUT2D eigenvalue weighted by molar-refractivity contribution is -0.384. The van der Waals surface area contributed by atoms with Crippen LogP contribution < -0.4 is 5.32 Å². The number of nitrogens with one attached hydrogen (secondary N) is 1. The Hall–Kier alpha value is -1.22. The number of halogens is 1. The first kappa shape index (κ1) is 15.2. The highest BCUT2D eigenvalue weighted by Crippen LogP contribution is 2.28. The number of nitrogens with zero attached hydrogens (tertiary/aromatic N) is 2. The molecule has 1 atom stereocenters. The second-order valence-electron chi connectivity index (χ2n) is 4.59. The molecule has 0 saturated carbocycles. The van der Waals surface area contributed by atoms with E-state index in [4.69, 9.17) is 11.6 Å². The van der Waals surface area contributed by atoms with Gasteiger partial charge in [0.2, 0.25) is 10.0 Å². The van der Waals surface area contributed by atoms with Gasteiger partial charge in [-0.2, -0.15) is 4.31 Å². The normalized spacial score (nSPS) is 20.8. The minimum Gasteiger partial charge on any atom is -0.312 e. The number of sulfonamides is 1. The Labute approximate surface area is 121 Å². The van der Waals surface area contributed by atoms with E-state index >= 15 is 0 Å². The van der Waals surface area contributed by atoms with Gasteiger partial charge in [-0.3, -0.25) is 10.1 Å². The average molecular weight is 320 g/mol. The highest BCUT2D eigenvalue weighted by molar-refractivity contribution is 7.89. The molecule has 0 unspecified atom stereocenters. The van der Waals surface area contributed by atoms with Crippen molar-refractivity contribution in [1.82, 2.24) is 9.62 Å².